The number of hydrogen-bond donors (Lipinski definition) is 0. The van der Waals surface area contributed by atoms with Crippen LogP contribution in [0.3, 0.4) is 0 Å². The maximum absolute atomic E-state index is 13.4. The lowest BCUT2D eigenvalue weighted by molar-refractivity contribution is 0.0997. The predicted molar refractivity (Wildman–Crippen MR) is 104 cm³/mol. The van der Waals surface area contributed by atoms with Crippen LogP contribution in [0.1, 0.15) is 35.5 Å². The number of hydrogen-bond acceptors (Lipinski definition) is 2. The highest BCUT2D eigenvalue weighted by molar-refractivity contribution is 7.09. The van der Waals surface area contributed by atoms with Crippen LogP contribution in [0.5, 0.6) is 0 Å². The first kappa shape index (κ1) is 19.2. The summed E-state index contributed by atoms with van der Waals surface area (Å²) in [5.74, 6) is -1.24. The molecular weight excluding hydrogens is 366 g/mol. The second-order valence-electron chi connectivity index (χ2n) is 6.08. The van der Waals surface area contributed by atoms with Crippen molar-refractivity contribution in [3.63, 3.8) is 0 Å². The number of benzene rings is 2. The fraction of sp³-hybridized carbons (Fsp3) is 0.238. The molecule has 0 N–H and O–H groups in total. The zero-order valence-electron chi connectivity index (χ0n) is 15.2. The van der Waals surface area contributed by atoms with E-state index in [0.717, 1.165) is 29.0 Å². The normalized spacial score (nSPS) is 11.8. The van der Waals surface area contributed by atoms with Crippen molar-refractivity contribution in [3.8, 4) is 11.3 Å². The first-order valence-electron chi connectivity index (χ1n) is 8.86. The molecule has 6 heteroatoms. The molecule has 0 saturated heterocycles. The molecule has 3 nitrogen and oxygen atoms in total. The average Bonchev–Trinajstić information content (AvgIpc) is 2.99. The van der Waals surface area contributed by atoms with Gasteiger partial charge in [-0.05, 0) is 61.4 Å². The van der Waals surface area contributed by atoms with Gasteiger partial charge in [0.25, 0.3) is 5.91 Å². The van der Waals surface area contributed by atoms with E-state index < -0.39 is 11.7 Å². The molecule has 0 aliphatic rings. The maximum atomic E-state index is 13.4. The Bertz CT molecular complexity index is 1020. The van der Waals surface area contributed by atoms with Gasteiger partial charge in [-0.2, -0.15) is 4.99 Å². The third kappa shape index (κ3) is 4.22. The van der Waals surface area contributed by atoms with Gasteiger partial charge < -0.3 is 4.57 Å². The molecule has 140 valence electrons. The number of thiazole rings is 1. The fourth-order valence-electron chi connectivity index (χ4n) is 2.93. The molecule has 0 aliphatic heterocycles. The smallest absolute Gasteiger partial charge is 0.279 e. The van der Waals surface area contributed by atoms with E-state index in [9.17, 15) is 13.6 Å². The summed E-state index contributed by atoms with van der Waals surface area (Å²) >= 11 is 1.45. The fourth-order valence-corrected chi connectivity index (χ4v) is 4.24. The predicted octanol–water partition coefficient (Wildman–Crippen LogP) is 5.21. The summed E-state index contributed by atoms with van der Waals surface area (Å²) in [7, 11) is 0. The van der Waals surface area contributed by atoms with Gasteiger partial charge in [0, 0.05) is 17.0 Å². The number of halogens is 2. The summed E-state index contributed by atoms with van der Waals surface area (Å²) in [5, 5.41) is 0. The molecular formula is C21H20F2N2OS. The molecule has 0 spiro atoms. The Morgan fingerprint density at radius 3 is 2.44 bits per heavy atom. The van der Waals surface area contributed by atoms with Gasteiger partial charge in [-0.25, -0.2) is 8.78 Å². The quantitative estimate of drug-likeness (QED) is 0.593. The van der Waals surface area contributed by atoms with E-state index in [2.05, 4.69) is 11.9 Å². The molecule has 0 unspecified atom stereocenters. The van der Waals surface area contributed by atoms with Crippen molar-refractivity contribution in [2.45, 2.75) is 33.2 Å². The van der Waals surface area contributed by atoms with E-state index in [-0.39, 0.29) is 11.4 Å². The third-order valence-electron chi connectivity index (χ3n) is 4.16. The van der Waals surface area contributed by atoms with E-state index in [1.807, 2.05) is 11.5 Å². The summed E-state index contributed by atoms with van der Waals surface area (Å²) in [4.78, 5) is 18.4. The zero-order valence-corrected chi connectivity index (χ0v) is 16.0. The van der Waals surface area contributed by atoms with Crippen molar-refractivity contribution in [2.24, 2.45) is 4.99 Å². The molecule has 1 aromatic heterocycles. The van der Waals surface area contributed by atoms with Crippen molar-refractivity contribution in [1.29, 1.82) is 0 Å². The van der Waals surface area contributed by atoms with Crippen molar-refractivity contribution < 1.29 is 13.6 Å². The summed E-state index contributed by atoms with van der Waals surface area (Å²) in [6, 6.07) is 11.8. The Morgan fingerprint density at radius 1 is 1.07 bits per heavy atom. The Kier molecular flexibility index (Phi) is 5.96. The summed E-state index contributed by atoms with van der Waals surface area (Å²) < 4.78 is 28.7. The largest absolute Gasteiger partial charge is 0.316 e. The molecule has 0 fully saturated rings. The third-order valence-corrected chi connectivity index (χ3v) is 5.30. The molecule has 3 aromatic rings. The second kappa shape index (κ2) is 8.39. The van der Waals surface area contributed by atoms with E-state index in [1.165, 1.54) is 41.7 Å². The number of nitrogens with zero attached hydrogens (tertiary/aromatic N) is 2. The number of amides is 1. The number of carbonyl (C=O) groups excluding carboxylic acids is 1. The van der Waals surface area contributed by atoms with Crippen molar-refractivity contribution in [2.75, 3.05) is 0 Å². The number of carbonyl (C=O) groups is 1. The van der Waals surface area contributed by atoms with Crippen LogP contribution in [-0.2, 0) is 13.0 Å². The lowest BCUT2D eigenvalue weighted by Crippen LogP contribution is -2.17. The number of aryl methyl sites for hydroxylation is 1. The van der Waals surface area contributed by atoms with Gasteiger partial charge in [-0.1, -0.05) is 19.4 Å². The molecule has 3 rings (SSSR count). The minimum Gasteiger partial charge on any atom is -0.316 e. The topological polar surface area (TPSA) is 34.4 Å². The summed E-state index contributed by atoms with van der Waals surface area (Å²) in [6.45, 7) is 4.67. The Hall–Kier alpha value is -2.60. The standard InChI is InChI=1S/C21H20F2N2OS/c1-3-6-18-19(14-9-11-16(22)12-10-14)25(4-2)21(27-18)24-20(26)15-7-5-8-17(23)13-15/h5,7-13H,3-4,6H2,1-2H3. The molecule has 1 heterocycles. The molecule has 2 aromatic carbocycles. The zero-order chi connectivity index (χ0) is 19.4. The first-order valence-corrected chi connectivity index (χ1v) is 9.68. The Balaban J connectivity index is 2.14. The van der Waals surface area contributed by atoms with Crippen LogP contribution in [0, 0.1) is 11.6 Å². The van der Waals surface area contributed by atoms with Gasteiger partial charge in [0.1, 0.15) is 11.6 Å². The van der Waals surface area contributed by atoms with Crippen LogP contribution < -0.4 is 4.80 Å². The molecule has 1 amide bonds. The molecule has 0 bridgehead atoms. The SMILES string of the molecule is CCCc1sc(=NC(=O)c2cccc(F)c2)n(CC)c1-c1ccc(F)cc1. The number of rotatable bonds is 5. The van der Waals surface area contributed by atoms with Crippen molar-refractivity contribution in [3.05, 3.63) is 75.4 Å². The lowest BCUT2D eigenvalue weighted by atomic mass is 10.1. The van der Waals surface area contributed by atoms with Crippen molar-refractivity contribution >= 4 is 17.2 Å². The minimum absolute atomic E-state index is 0.214. The average molecular weight is 386 g/mol. The van der Waals surface area contributed by atoms with E-state index in [1.54, 1.807) is 18.2 Å². The van der Waals surface area contributed by atoms with Crippen molar-refractivity contribution in [1.82, 2.24) is 4.57 Å². The van der Waals surface area contributed by atoms with Gasteiger partial charge in [0.15, 0.2) is 4.80 Å². The Morgan fingerprint density at radius 2 is 1.81 bits per heavy atom. The van der Waals surface area contributed by atoms with E-state index in [4.69, 9.17) is 0 Å². The molecule has 0 radical (unpaired) electrons. The van der Waals surface area contributed by atoms with Crippen LogP contribution >= 0.6 is 11.3 Å². The van der Waals surface area contributed by atoms with Gasteiger partial charge in [-0.15, -0.1) is 11.3 Å². The van der Waals surface area contributed by atoms with Crippen LogP contribution in [0.2, 0.25) is 0 Å². The highest BCUT2D eigenvalue weighted by Crippen LogP contribution is 2.27. The molecule has 0 aliphatic carbocycles. The highest BCUT2D eigenvalue weighted by atomic mass is 32.1. The molecule has 0 saturated carbocycles. The van der Waals surface area contributed by atoms with Gasteiger partial charge >= 0.3 is 0 Å². The second-order valence-corrected chi connectivity index (χ2v) is 7.15. The lowest BCUT2D eigenvalue weighted by Gasteiger charge is -2.09. The monoisotopic (exact) mass is 386 g/mol. The number of aromatic nitrogens is 1. The van der Waals surface area contributed by atoms with Gasteiger partial charge in [0.2, 0.25) is 0 Å². The summed E-state index contributed by atoms with van der Waals surface area (Å²) in [5.41, 5.74) is 2.05. The summed E-state index contributed by atoms with van der Waals surface area (Å²) in [6.07, 6.45) is 1.77. The van der Waals surface area contributed by atoms with E-state index >= 15 is 0 Å². The first-order chi connectivity index (χ1) is 13.0. The van der Waals surface area contributed by atoms with Crippen LogP contribution in [0.25, 0.3) is 11.3 Å². The van der Waals surface area contributed by atoms with Crippen LogP contribution in [0.15, 0.2) is 53.5 Å². The maximum Gasteiger partial charge on any atom is 0.279 e. The van der Waals surface area contributed by atoms with Gasteiger partial charge in [0.05, 0.1) is 5.69 Å². The minimum atomic E-state index is -0.480. The van der Waals surface area contributed by atoms with Crippen LogP contribution in [-0.4, -0.2) is 10.5 Å². The Labute approximate surface area is 160 Å². The van der Waals surface area contributed by atoms with E-state index in [0.29, 0.717) is 11.3 Å². The van der Waals surface area contributed by atoms with Gasteiger partial charge in [-0.3, -0.25) is 4.79 Å². The van der Waals surface area contributed by atoms with Crippen LogP contribution in [0.4, 0.5) is 8.78 Å². The molecule has 27 heavy (non-hydrogen) atoms. The molecule has 0 atom stereocenters. The highest BCUT2D eigenvalue weighted by Gasteiger charge is 2.15.